The second-order valence-corrected chi connectivity index (χ2v) is 17.1. The number of rotatable bonds is 6. The minimum atomic E-state index is -2.25. The summed E-state index contributed by atoms with van der Waals surface area (Å²) in [7, 11) is 3.35. The molecular formula is C42H57N5O6. The van der Waals surface area contributed by atoms with Gasteiger partial charge in [-0.25, -0.2) is 0 Å². The van der Waals surface area contributed by atoms with Crippen LogP contribution in [0, 0.1) is 16.7 Å². The van der Waals surface area contributed by atoms with Gasteiger partial charge in [0.05, 0.1) is 18.8 Å². The molecule has 2 aromatic rings. The van der Waals surface area contributed by atoms with Gasteiger partial charge in [0.15, 0.2) is 5.60 Å². The second-order valence-electron chi connectivity index (χ2n) is 17.1. The Balaban J connectivity index is 1.37. The minimum Gasteiger partial charge on any atom is -0.468 e. The summed E-state index contributed by atoms with van der Waals surface area (Å²) in [5.41, 5.74) is 4.96. The van der Waals surface area contributed by atoms with Crippen LogP contribution in [0.2, 0.25) is 0 Å². The number of nitrogens with one attached hydrogen (secondary N) is 1. The molecule has 1 saturated carbocycles. The molecule has 1 aromatic heterocycles. The van der Waals surface area contributed by atoms with Crippen LogP contribution in [0.3, 0.4) is 0 Å². The molecule has 10 atom stereocenters. The highest BCUT2D eigenvalue weighted by molar-refractivity contribution is 5.91. The molecule has 11 heteroatoms. The first kappa shape index (κ1) is 36.5. The quantitative estimate of drug-likeness (QED) is 0.223. The van der Waals surface area contributed by atoms with Crippen LogP contribution in [-0.2, 0) is 26.2 Å². The lowest BCUT2D eigenvalue weighted by Gasteiger charge is -2.63. The monoisotopic (exact) mass is 727 g/mol. The van der Waals surface area contributed by atoms with E-state index in [1.54, 1.807) is 0 Å². The SMILES string of the molecule is CC=C1/C(=C\C[C@@]2(C(=O)OC)C[C@@H]3CN(CCc4c2[nH]c2ccccc42)CC(O)(CC)C3)[C@]23CCN4CC=C[C@](CC)(C42)[C@@H](O)[C@](O)(C(N)=O)C3N1C. The number of hydrogen-bond donors (Lipinski definition) is 5. The predicted octanol–water partition coefficient (Wildman–Crippen LogP) is 3.14. The number of nitrogens with two attached hydrogens (primary N) is 1. The molecule has 4 fully saturated rings. The highest BCUT2D eigenvalue weighted by Crippen LogP contribution is 2.68. The fraction of sp³-hybridized carbons (Fsp3) is 0.619. The first-order valence-corrected chi connectivity index (χ1v) is 19.7. The number of benzene rings is 1. The van der Waals surface area contributed by atoms with E-state index in [9.17, 15) is 24.9 Å². The van der Waals surface area contributed by atoms with Crippen molar-refractivity contribution >= 4 is 22.8 Å². The van der Waals surface area contributed by atoms with E-state index >= 15 is 0 Å². The van der Waals surface area contributed by atoms with Gasteiger partial charge in [-0.15, -0.1) is 0 Å². The fourth-order valence-electron chi connectivity index (χ4n) is 12.7. The van der Waals surface area contributed by atoms with Gasteiger partial charge in [0.2, 0.25) is 0 Å². The minimum absolute atomic E-state index is 0.0184. The van der Waals surface area contributed by atoms with Gasteiger partial charge in [-0.1, -0.05) is 56.4 Å². The van der Waals surface area contributed by atoms with Crippen molar-refractivity contribution in [2.24, 2.45) is 22.5 Å². The van der Waals surface area contributed by atoms with Crippen LogP contribution in [0.4, 0.5) is 0 Å². The molecule has 8 rings (SSSR count). The smallest absolute Gasteiger partial charge is 0.318 e. The lowest BCUT2D eigenvalue weighted by molar-refractivity contribution is -0.220. The number of amides is 1. The van der Waals surface area contributed by atoms with Crippen molar-refractivity contribution in [2.75, 3.05) is 46.9 Å². The van der Waals surface area contributed by atoms with Crippen LogP contribution in [0.1, 0.15) is 70.6 Å². The molecule has 286 valence electrons. The third kappa shape index (κ3) is 4.76. The number of fused-ring (bicyclic) bond motifs is 5. The number of nitrogens with zero attached hydrogens (tertiary/aromatic N) is 3. The highest BCUT2D eigenvalue weighted by atomic mass is 16.5. The Bertz CT molecular complexity index is 1920. The molecule has 5 aliphatic heterocycles. The number of esters is 1. The van der Waals surface area contributed by atoms with E-state index in [2.05, 4.69) is 39.1 Å². The molecule has 6 N–H and O–H groups in total. The molecule has 1 spiro atoms. The molecule has 1 aliphatic carbocycles. The number of aromatic amines is 1. The highest BCUT2D eigenvalue weighted by Gasteiger charge is 2.79. The number of H-pyrrole nitrogens is 1. The van der Waals surface area contributed by atoms with Crippen LogP contribution in [0.25, 0.3) is 10.9 Å². The fourth-order valence-corrected chi connectivity index (χ4v) is 12.7. The third-order valence-corrected chi connectivity index (χ3v) is 14.8. The topological polar surface area (TPSA) is 156 Å². The van der Waals surface area contributed by atoms with E-state index in [-0.39, 0.29) is 17.9 Å². The average Bonchev–Trinajstić information content (AvgIpc) is 3.81. The maximum atomic E-state index is 14.8. The van der Waals surface area contributed by atoms with Crippen LogP contribution in [-0.4, -0.2) is 123 Å². The summed E-state index contributed by atoms with van der Waals surface area (Å²) in [6.07, 6.45) is 10.7. The number of likely N-dealkylation sites (tertiary alicyclic amines) is 1. The summed E-state index contributed by atoms with van der Waals surface area (Å²) < 4.78 is 5.81. The number of aliphatic hydroxyl groups excluding tert-OH is 1. The van der Waals surface area contributed by atoms with Gasteiger partial charge in [-0.05, 0) is 81.5 Å². The van der Waals surface area contributed by atoms with Gasteiger partial charge in [0, 0.05) is 72.4 Å². The van der Waals surface area contributed by atoms with E-state index in [0.29, 0.717) is 58.0 Å². The number of aliphatic hydroxyl groups is 3. The number of carbonyl (C=O) groups excluding carboxylic acids is 2. The van der Waals surface area contributed by atoms with Crippen molar-refractivity contribution in [3.8, 4) is 0 Å². The van der Waals surface area contributed by atoms with Crippen molar-refractivity contribution in [3.05, 3.63) is 71.1 Å². The number of ether oxygens (including phenoxy) is 1. The van der Waals surface area contributed by atoms with Crippen molar-refractivity contribution < 1.29 is 29.6 Å². The Kier molecular flexibility index (Phi) is 8.63. The van der Waals surface area contributed by atoms with E-state index in [1.807, 2.05) is 57.0 Å². The molecule has 4 unspecified atom stereocenters. The van der Waals surface area contributed by atoms with E-state index in [1.165, 1.54) is 7.11 Å². The van der Waals surface area contributed by atoms with Crippen LogP contribution >= 0.6 is 0 Å². The van der Waals surface area contributed by atoms with Gasteiger partial charge in [-0.3, -0.25) is 19.4 Å². The van der Waals surface area contributed by atoms with Crippen LogP contribution in [0.5, 0.6) is 0 Å². The summed E-state index contributed by atoms with van der Waals surface area (Å²) in [5.74, 6) is -1.24. The van der Waals surface area contributed by atoms with Crippen molar-refractivity contribution in [3.63, 3.8) is 0 Å². The lowest BCUT2D eigenvalue weighted by atomic mass is 9.47. The number of allylic oxidation sites excluding steroid dienone is 3. The van der Waals surface area contributed by atoms with E-state index in [4.69, 9.17) is 10.5 Å². The molecule has 2 bridgehead atoms. The normalized spacial score (nSPS) is 42.2. The molecular weight excluding hydrogens is 670 g/mol. The zero-order chi connectivity index (χ0) is 37.7. The number of methoxy groups -OCH3 is 1. The summed E-state index contributed by atoms with van der Waals surface area (Å²) in [5, 5.41) is 37.7. The molecule has 3 saturated heterocycles. The van der Waals surface area contributed by atoms with E-state index in [0.717, 1.165) is 53.1 Å². The Morgan fingerprint density at radius 1 is 1.11 bits per heavy atom. The zero-order valence-electron chi connectivity index (χ0n) is 31.9. The summed E-state index contributed by atoms with van der Waals surface area (Å²) in [4.78, 5) is 38.8. The summed E-state index contributed by atoms with van der Waals surface area (Å²) in [6, 6.07) is 7.17. The molecule has 53 heavy (non-hydrogen) atoms. The number of aromatic nitrogens is 1. The summed E-state index contributed by atoms with van der Waals surface area (Å²) >= 11 is 0. The molecule has 6 heterocycles. The maximum absolute atomic E-state index is 14.8. The Labute approximate surface area is 312 Å². The number of hydrogen-bond acceptors (Lipinski definition) is 9. The third-order valence-electron chi connectivity index (χ3n) is 14.8. The van der Waals surface area contributed by atoms with Gasteiger partial charge in [-0.2, -0.15) is 0 Å². The van der Waals surface area contributed by atoms with Crippen molar-refractivity contribution in [1.82, 2.24) is 19.7 Å². The lowest BCUT2D eigenvalue weighted by Crippen LogP contribution is -2.79. The Hall–Kier alpha value is -3.48. The first-order chi connectivity index (χ1) is 25.3. The predicted molar refractivity (Wildman–Crippen MR) is 203 cm³/mol. The van der Waals surface area contributed by atoms with Crippen LogP contribution in [0.15, 0.2) is 59.8 Å². The maximum Gasteiger partial charge on any atom is 0.318 e. The Morgan fingerprint density at radius 2 is 1.89 bits per heavy atom. The number of likely N-dealkylation sites (N-methyl/N-ethyl adjacent to an activating group) is 1. The van der Waals surface area contributed by atoms with Gasteiger partial charge < -0.3 is 35.7 Å². The largest absolute Gasteiger partial charge is 0.468 e. The van der Waals surface area contributed by atoms with E-state index < -0.39 is 45.5 Å². The number of piperidine rings is 1. The van der Waals surface area contributed by atoms with Crippen LogP contribution < -0.4 is 5.73 Å². The zero-order valence-corrected chi connectivity index (χ0v) is 31.9. The summed E-state index contributed by atoms with van der Waals surface area (Å²) in [6.45, 7) is 9.58. The molecule has 1 amide bonds. The molecule has 1 aromatic carbocycles. The first-order valence-electron chi connectivity index (χ1n) is 19.7. The molecule has 6 aliphatic rings. The standard InChI is InChI=1S/C42H57N5O6/c1-6-31-29(41-18-21-47-19-11-16-39(8-3,33(41)47)35(48)42(52,36(43)49)34(41)45(31)4)14-17-40(37(50)53-5)23-26-22-38(51,7-2)25-46(24-26)20-15-28-27-12-9-10-13-30(27)44-32(28)40/h6,9-14,16,26,33-35,44,48,51-52H,7-8,15,17-25H2,1-5H3,(H2,43,49)/b29-14+,31-6?/t26-,33?,34?,35-,38?,39-,40-,41-,42+/m1/s1. The number of primary amides is 1. The van der Waals surface area contributed by atoms with Crippen molar-refractivity contribution in [1.29, 1.82) is 0 Å². The van der Waals surface area contributed by atoms with Gasteiger partial charge in [0.1, 0.15) is 11.5 Å². The average molecular weight is 728 g/mol. The van der Waals surface area contributed by atoms with Gasteiger partial charge >= 0.3 is 5.97 Å². The number of para-hydroxylation sites is 1. The molecule has 0 radical (unpaired) electrons. The van der Waals surface area contributed by atoms with Crippen molar-refractivity contribution in [2.45, 2.75) is 101 Å². The molecule has 11 nitrogen and oxygen atoms in total. The Morgan fingerprint density at radius 3 is 2.58 bits per heavy atom. The number of carbonyl (C=O) groups is 2. The second kappa shape index (κ2) is 12.5. The van der Waals surface area contributed by atoms with Gasteiger partial charge in [0.25, 0.3) is 5.91 Å².